The molecule has 3 N–H and O–H groups in total. The van der Waals surface area contributed by atoms with E-state index in [2.05, 4.69) is 5.32 Å². The standard InChI is InChI=1S/C13H18F2N2O.ClH/c1-3-6-13(2,16)12(18)17-8-9-7-10(14)4-5-11(9)15;/h4-5,7H,3,6,8,16H2,1-2H3,(H,17,18);1H. The van der Waals surface area contributed by atoms with Gasteiger partial charge in [-0.3, -0.25) is 4.79 Å². The van der Waals surface area contributed by atoms with Crippen LogP contribution in [0.25, 0.3) is 0 Å². The Morgan fingerprint density at radius 2 is 2.05 bits per heavy atom. The van der Waals surface area contributed by atoms with Crippen molar-refractivity contribution in [3.05, 3.63) is 35.4 Å². The molecule has 0 aliphatic carbocycles. The van der Waals surface area contributed by atoms with Crippen LogP contribution in [-0.4, -0.2) is 11.4 Å². The van der Waals surface area contributed by atoms with Crippen molar-refractivity contribution in [2.24, 2.45) is 5.73 Å². The maximum atomic E-state index is 13.3. The van der Waals surface area contributed by atoms with Gasteiger partial charge in [-0.05, 0) is 31.5 Å². The average Bonchev–Trinajstić information content (AvgIpc) is 2.29. The summed E-state index contributed by atoms with van der Waals surface area (Å²) in [4.78, 5) is 11.8. The summed E-state index contributed by atoms with van der Waals surface area (Å²) in [5, 5.41) is 2.52. The Morgan fingerprint density at radius 3 is 2.63 bits per heavy atom. The number of halogens is 3. The summed E-state index contributed by atoms with van der Waals surface area (Å²) in [6.45, 7) is 3.47. The van der Waals surface area contributed by atoms with Crippen LogP contribution in [0.3, 0.4) is 0 Å². The molecule has 0 aliphatic rings. The molecule has 1 amide bonds. The molecule has 0 fully saturated rings. The zero-order chi connectivity index (χ0) is 13.8. The van der Waals surface area contributed by atoms with E-state index >= 15 is 0 Å². The van der Waals surface area contributed by atoms with Gasteiger partial charge in [-0.15, -0.1) is 12.4 Å². The van der Waals surface area contributed by atoms with Gasteiger partial charge in [-0.1, -0.05) is 13.3 Å². The van der Waals surface area contributed by atoms with Crippen molar-refractivity contribution >= 4 is 18.3 Å². The summed E-state index contributed by atoms with van der Waals surface area (Å²) in [6, 6.07) is 3.12. The predicted octanol–water partition coefficient (Wildman–Crippen LogP) is 2.52. The largest absolute Gasteiger partial charge is 0.350 e. The Morgan fingerprint density at radius 1 is 1.42 bits per heavy atom. The molecule has 1 aromatic rings. The van der Waals surface area contributed by atoms with Crippen molar-refractivity contribution in [3.8, 4) is 0 Å². The predicted molar refractivity (Wildman–Crippen MR) is 73.0 cm³/mol. The fourth-order valence-corrected chi connectivity index (χ4v) is 1.69. The molecule has 1 rings (SSSR count). The maximum absolute atomic E-state index is 13.3. The number of carbonyl (C=O) groups excluding carboxylic acids is 1. The first kappa shape index (κ1) is 17.8. The first-order valence-electron chi connectivity index (χ1n) is 5.88. The van der Waals surface area contributed by atoms with Gasteiger partial charge in [-0.2, -0.15) is 0 Å². The van der Waals surface area contributed by atoms with E-state index < -0.39 is 17.2 Å². The Balaban J connectivity index is 0.00000324. The lowest BCUT2D eigenvalue weighted by Gasteiger charge is -2.22. The van der Waals surface area contributed by atoms with Gasteiger partial charge in [0.1, 0.15) is 11.6 Å². The van der Waals surface area contributed by atoms with Crippen molar-refractivity contribution in [3.63, 3.8) is 0 Å². The average molecular weight is 293 g/mol. The van der Waals surface area contributed by atoms with Crippen LogP contribution in [0.15, 0.2) is 18.2 Å². The fraction of sp³-hybridized carbons (Fsp3) is 0.462. The van der Waals surface area contributed by atoms with Crippen molar-refractivity contribution in [2.45, 2.75) is 38.8 Å². The third-order valence-corrected chi connectivity index (χ3v) is 2.74. The molecule has 0 radical (unpaired) electrons. The molecule has 0 saturated heterocycles. The van der Waals surface area contributed by atoms with Crippen LogP contribution in [0.1, 0.15) is 32.3 Å². The number of amides is 1. The number of rotatable bonds is 5. The molecule has 6 heteroatoms. The molecule has 1 unspecified atom stereocenters. The lowest BCUT2D eigenvalue weighted by atomic mass is 9.96. The highest BCUT2D eigenvalue weighted by molar-refractivity contribution is 5.85. The van der Waals surface area contributed by atoms with Crippen LogP contribution in [-0.2, 0) is 11.3 Å². The van der Waals surface area contributed by atoms with E-state index in [4.69, 9.17) is 5.73 Å². The lowest BCUT2D eigenvalue weighted by molar-refractivity contribution is -0.126. The second kappa shape index (κ2) is 7.40. The van der Waals surface area contributed by atoms with Crippen LogP contribution >= 0.6 is 12.4 Å². The Kier molecular flexibility index (Phi) is 6.94. The minimum atomic E-state index is -0.988. The molecule has 1 aromatic carbocycles. The number of nitrogens with one attached hydrogen (secondary N) is 1. The summed E-state index contributed by atoms with van der Waals surface area (Å²) in [5.74, 6) is -1.45. The van der Waals surface area contributed by atoms with E-state index in [0.29, 0.717) is 6.42 Å². The summed E-state index contributed by atoms with van der Waals surface area (Å²) in [6.07, 6.45) is 1.30. The highest BCUT2D eigenvalue weighted by Crippen LogP contribution is 2.11. The molecule has 0 saturated carbocycles. The van der Waals surface area contributed by atoms with Gasteiger partial charge in [0, 0.05) is 12.1 Å². The molecule has 0 aromatic heterocycles. The summed E-state index contributed by atoms with van der Waals surface area (Å²) >= 11 is 0. The van der Waals surface area contributed by atoms with Crippen molar-refractivity contribution in [1.82, 2.24) is 5.32 Å². The van der Waals surface area contributed by atoms with Crippen LogP contribution in [0, 0.1) is 11.6 Å². The lowest BCUT2D eigenvalue weighted by Crippen LogP contribution is -2.51. The molecule has 0 spiro atoms. The van der Waals surface area contributed by atoms with Crippen LogP contribution in [0.5, 0.6) is 0 Å². The number of benzene rings is 1. The van der Waals surface area contributed by atoms with Crippen LogP contribution < -0.4 is 11.1 Å². The van der Waals surface area contributed by atoms with Gasteiger partial charge < -0.3 is 11.1 Å². The SMILES string of the molecule is CCCC(C)(N)C(=O)NCc1cc(F)ccc1F.Cl. The molecule has 0 aliphatic heterocycles. The molecule has 1 atom stereocenters. The molecule has 3 nitrogen and oxygen atoms in total. The van der Waals surface area contributed by atoms with E-state index in [0.717, 1.165) is 24.6 Å². The van der Waals surface area contributed by atoms with E-state index in [-0.39, 0.29) is 30.4 Å². The summed E-state index contributed by atoms with van der Waals surface area (Å²) in [5.41, 5.74) is 4.94. The fourth-order valence-electron chi connectivity index (χ4n) is 1.69. The summed E-state index contributed by atoms with van der Waals surface area (Å²) < 4.78 is 26.2. The topological polar surface area (TPSA) is 55.1 Å². The first-order chi connectivity index (χ1) is 8.36. The number of nitrogens with two attached hydrogens (primary N) is 1. The van der Waals surface area contributed by atoms with E-state index in [9.17, 15) is 13.6 Å². The second-order valence-corrected chi connectivity index (χ2v) is 4.59. The highest BCUT2D eigenvalue weighted by atomic mass is 35.5. The summed E-state index contributed by atoms with van der Waals surface area (Å²) in [7, 11) is 0. The number of hydrogen-bond donors (Lipinski definition) is 2. The quantitative estimate of drug-likeness (QED) is 0.876. The number of hydrogen-bond acceptors (Lipinski definition) is 2. The van der Waals surface area contributed by atoms with Crippen LogP contribution in [0.2, 0.25) is 0 Å². The van der Waals surface area contributed by atoms with Crippen LogP contribution in [0.4, 0.5) is 8.78 Å². The van der Waals surface area contributed by atoms with Crippen molar-refractivity contribution in [1.29, 1.82) is 0 Å². The molecule has 0 bridgehead atoms. The van der Waals surface area contributed by atoms with Crippen molar-refractivity contribution in [2.75, 3.05) is 0 Å². The monoisotopic (exact) mass is 292 g/mol. The van der Waals surface area contributed by atoms with Gasteiger partial charge in [0.15, 0.2) is 0 Å². The zero-order valence-corrected chi connectivity index (χ0v) is 11.8. The van der Waals surface area contributed by atoms with Crippen molar-refractivity contribution < 1.29 is 13.6 Å². The van der Waals surface area contributed by atoms with Gasteiger partial charge in [0.25, 0.3) is 0 Å². The van der Waals surface area contributed by atoms with Gasteiger partial charge in [-0.25, -0.2) is 8.78 Å². The molecule has 0 heterocycles. The van der Waals surface area contributed by atoms with Gasteiger partial charge in [0.05, 0.1) is 5.54 Å². The second-order valence-electron chi connectivity index (χ2n) is 4.59. The Hall–Kier alpha value is -1.20. The maximum Gasteiger partial charge on any atom is 0.240 e. The minimum absolute atomic E-state index is 0. The molecular weight excluding hydrogens is 274 g/mol. The van der Waals surface area contributed by atoms with E-state index in [1.807, 2.05) is 6.92 Å². The molecular formula is C13H19ClF2N2O. The molecule has 108 valence electrons. The zero-order valence-electron chi connectivity index (χ0n) is 11.0. The Labute approximate surface area is 118 Å². The highest BCUT2D eigenvalue weighted by Gasteiger charge is 2.26. The first-order valence-corrected chi connectivity index (χ1v) is 5.88. The van der Waals surface area contributed by atoms with E-state index in [1.54, 1.807) is 6.92 Å². The van der Waals surface area contributed by atoms with Gasteiger partial charge in [0.2, 0.25) is 5.91 Å². The van der Waals surface area contributed by atoms with Gasteiger partial charge >= 0.3 is 0 Å². The van der Waals surface area contributed by atoms with E-state index in [1.165, 1.54) is 0 Å². The molecule has 19 heavy (non-hydrogen) atoms. The normalized spacial score (nSPS) is 13.3. The third-order valence-electron chi connectivity index (χ3n) is 2.74. The smallest absolute Gasteiger partial charge is 0.240 e. The minimum Gasteiger partial charge on any atom is -0.350 e. The Bertz CT molecular complexity index is 439. The third kappa shape index (κ3) is 5.12. The number of carbonyl (C=O) groups is 1.